The molecule has 1 saturated carbocycles. The van der Waals surface area contributed by atoms with E-state index in [2.05, 4.69) is 12.2 Å². The Bertz CT molecular complexity index is 296. The first-order valence-electron chi connectivity index (χ1n) is 8.38. The van der Waals surface area contributed by atoms with E-state index >= 15 is 0 Å². The molecule has 0 aromatic carbocycles. The van der Waals surface area contributed by atoms with E-state index in [4.69, 9.17) is 9.47 Å². The molecule has 0 bridgehead atoms. The normalized spacial score (nSPS) is 26.6. The van der Waals surface area contributed by atoms with E-state index < -0.39 is 13.0 Å². The Balaban J connectivity index is 1.81. The van der Waals surface area contributed by atoms with E-state index in [1.165, 1.54) is 25.7 Å². The number of rotatable bonds is 8. The van der Waals surface area contributed by atoms with Crippen LogP contribution in [0.4, 0.5) is 8.78 Å². The molecule has 1 heterocycles. The molecular weight excluding hydrogens is 276 g/mol. The highest BCUT2D eigenvalue weighted by Gasteiger charge is 2.41. The maximum Gasteiger partial charge on any atom is 0.261 e. The summed E-state index contributed by atoms with van der Waals surface area (Å²) in [4.78, 5) is 0. The molecule has 1 aliphatic heterocycles. The van der Waals surface area contributed by atoms with Crippen LogP contribution in [0.25, 0.3) is 0 Å². The van der Waals surface area contributed by atoms with Gasteiger partial charge in [-0.05, 0) is 44.6 Å². The quantitative estimate of drug-likeness (QED) is 0.697. The summed E-state index contributed by atoms with van der Waals surface area (Å²) >= 11 is 0. The topological polar surface area (TPSA) is 30.5 Å². The number of ether oxygens (including phenoxy) is 2. The van der Waals surface area contributed by atoms with Crippen LogP contribution in [0.1, 0.15) is 51.9 Å². The summed E-state index contributed by atoms with van der Waals surface area (Å²) in [5, 5.41) is 3.52. The van der Waals surface area contributed by atoms with E-state index in [-0.39, 0.29) is 5.60 Å². The van der Waals surface area contributed by atoms with Crippen molar-refractivity contribution in [1.82, 2.24) is 5.32 Å². The fourth-order valence-corrected chi connectivity index (χ4v) is 3.93. The summed E-state index contributed by atoms with van der Waals surface area (Å²) in [6.45, 7) is 3.80. The molecule has 2 aliphatic rings. The van der Waals surface area contributed by atoms with E-state index in [9.17, 15) is 8.78 Å². The van der Waals surface area contributed by atoms with E-state index in [1.807, 2.05) is 0 Å². The highest BCUT2D eigenvalue weighted by atomic mass is 19.3. The first kappa shape index (κ1) is 17.1. The molecule has 1 N–H and O–H groups in total. The molecule has 0 amide bonds. The first-order valence-corrected chi connectivity index (χ1v) is 8.38. The van der Waals surface area contributed by atoms with Crippen LogP contribution in [0.2, 0.25) is 0 Å². The Hall–Kier alpha value is -0.260. The minimum absolute atomic E-state index is 0.112. The largest absolute Gasteiger partial charge is 0.375 e. The molecule has 124 valence electrons. The highest BCUT2D eigenvalue weighted by molar-refractivity contribution is 4.94. The fraction of sp³-hybridized carbons (Fsp3) is 1.00. The molecule has 0 aromatic rings. The molecule has 2 unspecified atom stereocenters. The minimum atomic E-state index is -2.37. The number of hydrogen-bond donors (Lipinski definition) is 1. The standard InChI is InChI=1S/C16H29F2NO2/c1-2-19-14(6-9-20-12-15(17)18)13-5-10-21-16(11-13)7-3-4-8-16/h13-15,19H,2-12H2,1H3. The first-order chi connectivity index (χ1) is 10.2. The predicted octanol–water partition coefficient (Wildman–Crippen LogP) is 3.38. The zero-order valence-corrected chi connectivity index (χ0v) is 13.1. The van der Waals surface area contributed by atoms with Crippen molar-refractivity contribution in [3.8, 4) is 0 Å². The second kappa shape index (κ2) is 8.39. The molecule has 2 fully saturated rings. The monoisotopic (exact) mass is 305 g/mol. The maximum absolute atomic E-state index is 12.1. The Labute approximate surface area is 126 Å². The minimum Gasteiger partial charge on any atom is -0.375 e. The van der Waals surface area contributed by atoms with Crippen LogP contribution in [0, 0.1) is 5.92 Å². The lowest BCUT2D eigenvalue weighted by molar-refractivity contribution is -0.0993. The van der Waals surface area contributed by atoms with Gasteiger partial charge in [0, 0.05) is 19.3 Å². The van der Waals surface area contributed by atoms with Crippen LogP contribution in [0.15, 0.2) is 0 Å². The Morgan fingerprint density at radius 2 is 2.10 bits per heavy atom. The third-order valence-electron chi connectivity index (χ3n) is 4.90. The number of alkyl halides is 2. The highest BCUT2D eigenvalue weighted by Crippen LogP contribution is 2.43. The van der Waals surface area contributed by atoms with Crippen LogP contribution < -0.4 is 5.32 Å². The average molecular weight is 305 g/mol. The maximum atomic E-state index is 12.1. The molecule has 1 spiro atoms. The summed E-state index contributed by atoms with van der Waals surface area (Å²) in [7, 11) is 0. The second-order valence-electron chi connectivity index (χ2n) is 6.41. The molecule has 3 nitrogen and oxygen atoms in total. The van der Waals surface area contributed by atoms with Gasteiger partial charge in [0.15, 0.2) is 0 Å². The van der Waals surface area contributed by atoms with Gasteiger partial charge in [-0.15, -0.1) is 0 Å². The lowest BCUT2D eigenvalue weighted by atomic mass is 9.79. The number of hydrogen-bond acceptors (Lipinski definition) is 3. The number of halogens is 2. The zero-order chi connectivity index (χ0) is 15.1. The van der Waals surface area contributed by atoms with Gasteiger partial charge in [0.1, 0.15) is 6.61 Å². The molecule has 5 heteroatoms. The van der Waals surface area contributed by atoms with E-state index in [0.29, 0.717) is 18.6 Å². The van der Waals surface area contributed by atoms with Crippen molar-refractivity contribution in [1.29, 1.82) is 0 Å². The van der Waals surface area contributed by atoms with Gasteiger partial charge in [0.05, 0.1) is 5.60 Å². The predicted molar refractivity (Wildman–Crippen MR) is 78.8 cm³/mol. The van der Waals surface area contributed by atoms with Crippen molar-refractivity contribution in [2.75, 3.05) is 26.4 Å². The summed E-state index contributed by atoms with van der Waals surface area (Å²) in [5.74, 6) is 0.576. The van der Waals surface area contributed by atoms with Gasteiger partial charge < -0.3 is 14.8 Å². The van der Waals surface area contributed by atoms with Crippen molar-refractivity contribution in [2.45, 2.75) is 69.9 Å². The van der Waals surface area contributed by atoms with Crippen LogP contribution in [0.3, 0.4) is 0 Å². The Morgan fingerprint density at radius 3 is 2.76 bits per heavy atom. The molecule has 2 rings (SSSR count). The molecule has 21 heavy (non-hydrogen) atoms. The van der Waals surface area contributed by atoms with Gasteiger partial charge in [-0.2, -0.15) is 0 Å². The average Bonchev–Trinajstić information content (AvgIpc) is 2.90. The smallest absolute Gasteiger partial charge is 0.261 e. The fourth-order valence-electron chi connectivity index (χ4n) is 3.93. The van der Waals surface area contributed by atoms with Gasteiger partial charge in [0.25, 0.3) is 6.43 Å². The molecule has 2 atom stereocenters. The van der Waals surface area contributed by atoms with E-state index in [1.54, 1.807) is 0 Å². The third kappa shape index (κ3) is 5.15. The summed E-state index contributed by atoms with van der Waals surface area (Å²) < 4.78 is 35.4. The lowest BCUT2D eigenvalue weighted by Gasteiger charge is -2.41. The van der Waals surface area contributed by atoms with Gasteiger partial charge in [-0.3, -0.25) is 0 Å². The summed E-state index contributed by atoms with van der Waals surface area (Å²) in [6.07, 6.45) is 5.53. The van der Waals surface area contributed by atoms with Crippen LogP contribution >= 0.6 is 0 Å². The molecule has 1 aliphatic carbocycles. The third-order valence-corrected chi connectivity index (χ3v) is 4.90. The Kier molecular flexibility index (Phi) is 6.83. The van der Waals surface area contributed by atoms with Gasteiger partial charge in [-0.1, -0.05) is 19.8 Å². The number of nitrogens with one attached hydrogen (secondary N) is 1. The van der Waals surface area contributed by atoms with Crippen LogP contribution in [0.5, 0.6) is 0 Å². The Morgan fingerprint density at radius 1 is 1.33 bits per heavy atom. The van der Waals surface area contributed by atoms with Crippen LogP contribution in [-0.2, 0) is 9.47 Å². The van der Waals surface area contributed by atoms with Crippen molar-refractivity contribution >= 4 is 0 Å². The van der Waals surface area contributed by atoms with Crippen LogP contribution in [-0.4, -0.2) is 44.4 Å². The van der Waals surface area contributed by atoms with Crippen molar-refractivity contribution in [2.24, 2.45) is 5.92 Å². The van der Waals surface area contributed by atoms with Crippen molar-refractivity contribution < 1.29 is 18.3 Å². The molecule has 0 radical (unpaired) electrons. The molecule has 0 aromatic heterocycles. The van der Waals surface area contributed by atoms with Gasteiger partial charge >= 0.3 is 0 Å². The SMILES string of the molecule is CCNC(CCOCC(F)F)C1CCOC2(CCCC2)C1. The molecular formula is C16H29F2NO2. The summed E-state index contributed by atoms with van der Waals surface area (Å²) in [6, 6.07) is 0.356. The second-order valence-corrected chi connectivity index (χ2v) is 6.41. The summed E-state index contributed by atoms with van der Waals surface area (Å²) in [5.41, 5.74) is 0.112. The molecule has 1 saturated heterocycles. The van der Waals surface area contributed by atoms with Crippen molar-refractivity contribution in [3.63, 3.8) is 0 Å². The van der Waals surface area contributed by atoms with Gasteiger partial charge in [0.2, 0.25) is 0 Å². The zero-order valence-electron chi connectivity index (χ0n) is 13.1. The van der Waals surface area contributed by atoms with Crippen molar-refractivity contribution in [3.05, 3.63) is 0 Å². The van der Waals surface area contributed by atoms with E-state index in [0.717, 1.165) is 32.4 Å². The lowest BCUT2D eigenvalue weighted by Crippen LogP contribution is -2.46. The van der Waals surface area contributed by atoms with Gasteiger partial charge in [-0.25, -0.2) is 8.78 Å².